The van der Waals surface area contributed by atoms with Gasteiger partial charge in [-0.2, -0.15) is 0 Å². The molecule has 0 aliphatic heterocycles. The van der Waals surface area contributed by atoms with Gasteiger partial charge < -0.3 is 5.32 Å². The first kappa shape index (κ1) is 15.7. The van der Waals surface area contributed by atoms with Gasteiger partial charge in [-0.15, -0.1) is 11.8 Å². The Morgan fingerprint density at radius 3 is 2.24 bits per heavy atom. The fourth-order valence-corrected chi connectivity index (χ4v) is 4.04. The average molecular weight is 319 g/mol. The number of rotatable bonds is 5. The number of aryl methyl sites for hydroxylation is 1. The predicted molar refractivity (Wildman–Crippen MR) is 90.0 cm³/mol. The van der Waals surface area contributed by atoms with E-state index in [1.165, 1.54) is 18.0 Å². The van der Waals surface area contributed by atoms with Gasteiger partial charge in [-0.05, 0) is 37.4 Å². The van der Waals surface area contributed by atoms with Crippen LogP contribution in [-0.4, -0.2) is 14.7 Å². The highest BCUT2D eigenvalue weighted by molar-refractivity contribution is 8.18. The number of benzene rings is 2. The van der Waals surface area contributed by atoms with E-state index in [0.717, 1.165) is 11.3 Å². The van der Waals surface area contributed by atoms with Crippen LogP contribution in [0.5, 0.6) is 0 Å². The smallest absolute Gasteiger partial charge is 0.213 e. The maximum atomic E-state index is 12.6. The van der Waals surface area contributed by atoms with Gasteiger partial charge in [0, 0.05) is 11.9 Å². The normalized spacial score (nSPS) is 12.2. The molecule has 5 heteroatoms. The van der Waals surface area contributed by atoms with Crippen molar-refractivity contribution in [1.29, 1.82) is 0 Å². The Bertz CT molecular complexity index is 721. The van der Waals surface area contributed by atoms with E-state index in [2.05, 4.69) is 5.32 Å². The lowest BCUT2D eigenvalue weighted by Gasteiger charge is -2.08. The molecule has 21 heavy (non-hydrogen) atoms. The first-order chi connectivity index (χ1) is 10.0. The quantitative estimate of drug-likeness (QED) is 0.903. The summed E-state index contributed by atoms with van der Waals surface area (Å²) in [4.78, 5) is 0.309. The van der Waals surface area contributed by atoms with E-state index < -0.39 is 9.84 Å². The molecule has 0 fully saturated rings. The zero-order valence-corrected chi connectivity index (χ0v) is 13.5. The molecule has 0 aliphatic rings. The van der Waals surface area contributed by atoms with Crippen molar-refractivity contribution in [2.45, 2.75) is 11.8 Å². The van der Waals surface area contributed by atoms with Gasteiger partial charge in [-0.25, -0.2) is 8.42 Å². The average Bonchev–Trinajstić information content (AvgIpc) is 2.49. The van der Waals surface area contributed by atoms with Gasteiger partial charge >= 0.3 is 0 Å². The minimum absolute atomic E-state index is 0.287. The monoisotopic (exact) mass is 319 g/mol. The topological polar surface area (TPSA) is 46.2 Å². The summed E-state index contributed by atoms with van der Waals surface area (Å²) in [7, 11) is -3.48. The standard InChI is InChI=1S/C16H17NO2S2/c1-13-8-10-15(11-9-13)21(18,19)16(20-2)12-17-14-6-4-3-5-7-14/h3-12,17H,1-2H3/b16-12+. The third kappa shape index (κ3) is 3.89. The summed E-state index contributed by atoms with van der Waals surface area (Å²) in [5.41, 5.74) is 1.88. The number of nitrogens with one attached hydrogen (secondary N) is 1. The minimum atomic E-state index is -3.48. The Labute approximate surface area is 130 Å². The number of hydrogen-bond donors (Lipinski definition) is 1. The molecule has 0 aliphatic carbocycles. The summed E-state index contributed by atoms with van der Waals surface area (Å²) >= 11 is 1.21. The van der Waals surface area contributed by atoms with Crippen molar-refractivity contribution in [2.24, 2.45) is 0 Å². The van der Waals surface area contributed by atoms with Crippen molar-refractivity contribution in [3.05, 3.63) is 70.6 Å². The van der Waals surface area contributed by atoms with Gasteiger partial charge in [0.05, 0.1) is 4.90 Å². The van der Waals surface area contributed by atoms with Crippen LogP contribution in [0.1, 0.15) is 5.56 Å². The fraction of sp³-hybridized carbons (Fsp3) is 0.125. The largest absolute Gasteiger partial charge is 0.360 e. The maximum Gasteiger partial charge on any atom is 0.213 e. The Morgan fingerprint density at radius 2 is 1.67 bits per heavy atom. The molecule has 0 atom stereocenters. The SMILES string of the molecule is CS/C(=C\Nc1ccccc1)S(=O)(=O)c1ccc(C)cc1. The van der Waals surface area contributed by atoms with E-state index in [1.54, 1.807) is 30.5 Å². The van der Waals surface area contributed by atoms with Crippen molar-refractivity contribution in [3.63, 3.8) is 0 Å². The van der Waals surface area contributed by atoms with Crippen LogP contribution in [0.4, 0.5) is 5.69 Å². The molecule has 0 spiro atoms. The summed E-state index contributed by atoms with van der Waals surface area (Å²) < 4.78 is 25.4. The van der Waals surface area contributed by atoms with Gasteiger partial charge in [0.15, 0.2) is 0 Å². The molecule has 0 saturated carbocycles. The summed E-state index contributed by atoms with van der Waals surface area (Å²) in [5, 5.41) is 3.02. The van der Waals surface area contributed by atoms with Crippen molar-refractivity contribution in [1.82, 2.24) is 0 Å². The van der Waals surface area contributed by atoms with Crippen LogP contribution in [0.3, 0.4) is 0 Å². The van der Waals surface area contributed by atoms with Crippen LogP contribution in [-0.2, 0) is 9.84 Å². The van der Waals surface area contributed by atoms with Crippen LogP contribution in [0.25, 0.3) is 0 Å². The minimum Gasteiger partial charge on any atom is -0.360 e. The second-order valence-corrected chi connectivity index (χ2v) is 7.52. The van der Waals surface area contributed by atoms with Crippen molar-refractivity contribution >= 4 is 27.3 Å². The van der Waals surface area contributed by atoms with E-state index in [0.29, 0.717) is 4.90 Å². The molecule has 2 aromatic rings. The van der Waals surface area contributed by atoms with Crippen molar-refractivity contribution in [3.8, 4) is 0 Å². The Kier molecular flexibility index (Phi) is 5.09. The number of sulfone groups is 1. The molecule has 0 heterocycles. The lowest BCUT2D eigenvalue weighted by Crippen LogP contribution is -2.04. The molecule has 1 N–H and O–H groups in total. The zero-order valence-electron chi connectivity index (χ0n) is 11.9. The molecule has 0 bridgehead atoms. The first-order valence-electron chi connectivity index (χ1n) is 6.41. The van der Waals surface area contributed by atoms with Crippen molar-refractivity contribution in [2.75, 3.05) is 11.6 Å². The second kappa shape index (κ2) is 6.83. The second-order valence-electron chi connectivity index (χ2n) is 4.49. The van der Waals surface area contributed by atoms with Crippen LogP contribution in [0, 0.1) is 6.92 Å². The Morgan fingerprint density at radius 1 is 1.05 bits per heavy atom. The van der Waals surface area contributed by atoms with E-state index in [1.807, 2.05) is 37.3 Å². The molecule has 3 nitrogen and oxygen atoms in total. The Hall–Kier alpha value is -1.72. The van der Waals surface area contributed by atoms with Gasteiger partial charge in [0.2, 0.25) is 9.84 Å². The summed E-state index contributed by atoms with van der Waals surface area (Å²) in [6.45, 7) is 1.93. The predicted octanol–water partition coefficient (Wildman–Crippen LogP) is 4.04. The fourth-order valence-electron chi connectivity index (χ4n) is 1.76. The highest BCUT2D eigenvalue weighted by Gasteiger charge is 2.19. The number of thioether (sulfide) groups is 1. The molecule has 0 amide bonds. The van der Waals surface area contributed by atoms with Crippen LogP contribution < -0.4 is 5.32 Å². The third-order valence-corrected chi connectivity index (χ3v) is 6.15. The summed E-state index contributed by atoms with van der Waals surface area (Å²) in [6, 6.07) is 16.3. The molecular weight excluding hydrogens is 302 g/mol. The lowest BCUT2D eigenvalue weighted by molar-refractivity contribution is 0.604. The molecule has 2 aromatic carbocycles. The van der Waals surface area contributed by atoms with Gasteiger partial charge in [-0.3, -0.25) is 0 Å². The van der Waals surface area contributed by atoms with E-state index in [-0.39, 0.29) is 4.24 Å². The van der Waals surface area contributed by atoms with E-state index in [9.17, 15) is 8.42 Å². The maximum absolute atomic E-state index is 12.6. The zero-order chi connectivity index (χ0) is 15.3. The van der Waals surface area contributed by atoms with Gasteiger partial charge in [0.1, 0.15) is 4.24 Å². The third-order valence-electron chi connectivity index (χ3n) is 2.93. The molecule has 0 radical (unpaired) electrons. The van der Waals surface area contributed by atoms with Gasteiger partial charge in [0.25, 0.3) is 0 Å². The van der Waals surface area contributed by atoms with E-state index >= 15 is 0 Å². The highest BCUT2D eigenvalue weighted by Crippen LogP contribution is 2.27. The molecule has 0 aromatic heterocycles. The lowest BCUT2D eigenvalue weighted by atomic mass is 10.2. The Balaban J connectivity index is 2.29. The molecule has 110 valence electrons. The van der Waals surface area contributed by atoms with Gasteiger partial charge in [-0.1, -0.05) is 35.9 Å². The van der Waals surface area contributed by atoms with Crippen LogP contribution in [0.2, 0.25) is 0 Å². The van der Waals surface area contributed by atoms with Crippen LogP contribution >= 0.6 is 11.8 Å². The highest BCUT2D eigenvalue weighted by atomic mass is 32.3. The molecular formula is C16H17NO2S2. The number of anilines is 1. The number of para-hydroxylation sites is 1. The number of hydrogen-bond acceptors (Lipinski definition) is 4. The summed E-state index contributed by atoms with van der Waals surface area (Å²) in [5.74, 6) is 0. The van der Waals surface area contributed by atoms with Crippen molar-refractivity contribution < 1.29 is 8.42 Å². The summed E-state index contributed by atoms with van der Waals surface area (Å²) in [6.07, 6.45) is 3.29. The molecule has 0 unspecified atom stereocenters. The molecule has 0 saturated heterocycles. The molecule has 2 rings (SSSR count). The first-order valence-corrected chi connectivity index (χ1v) is 9.12. The van der Waals surface area contributed by atoms with E-state index in [4.69, 9.17) is 0 Å². The van der Waals surface area contributed by atoms with Crippen LogP contribution in [0.15, 0.2) is 69.9 Å².